The number of ether oxygens (including phenoxy) is 1. The summed E-state index contributed by atoms with van der Waals surface area (Å²) >= 11 is 0. The van der Waals surface area contributed by atoms with Crippen LogP contribution < -0.4 is 5.32 Å². The first-order valence-corrected chi connectivity index (χ1v) is 9.96. The van der Waals surface area contributed by atoms with Crippen LogP contribution in [0.5, 0.6) is 0 Å². The van der Waals surface area contributed by atoms with E-state index in [0.29, 0.717) is 11.3 Å². The predicted molar refractivity (Wildman–Crippen MR) is 98.8 cm³/mol. The maximum atomic E-state index is 12.5. The van der Waals surface area contributed by atoms with Crippen LogP contribution in [0.25, 0.3) is 0 Å². The zero-order chi connectivity index (χ0) is 17.1. The summed E-state index contributed by atoms with van der Waals surface area (Å²) in [5.74, 6) is 0.619. The Hall–Kier alpha value is -1.55. The zero-order valence-corrected chi connectivity index (χ0v) is 15.1. The summed E-state index contributed by atoms with van der Waals surface area (Å²) in [6, 6.07) is 9.03. The van der Waals surface area contributed by atoms with Crippen molar-refractivity contribution in [2.75, 3.05) is 32.8 Å². The van der Waals surface area contributed by atoms with Crippen molar-refractivity contribution in [2.24, 2.45) is 5.92 Å². The first-order valence-electron chi connectivity index (χ1n) is 9.96. The van der Waals surface area contributed by atoms with E-state index < -0.39 is 0 Å². The summed E-state index contributed by atoms with van der Waals surface area (Å²) in [5.41, 5.74) is 3.40. The fourth-order valence-electron chi connectivity index (χ4n) is 4.95. The average Bonchev–Trinajstić information content (AvgIpc) is 3.02. The highest BCUT2D eigenvalue weighted by Gasteiger charge is 2.41. The Kier molecular flexibility index (Phi) is 4.98. The van der Waals surface area contributed by atoms with E-state index in [4.69, 9.17) is 4.74 Å². The van der Waals surface area contributed by atoms with Crippen LogP contribution in [0.4, 0.5) is 4.79 Å². The van der Waals surface area contributed by atoms with E-state index in [0.717, 1.165) is 58.5 Å². The van der Waals surface area contributed by atoms with Gasteiger partial charge in [0.25, 0.3) is 0 Å². The highest BCUT2D eigenvalue weighted by Crippen LogP contribution is 2.46. The van der Waals surface area contributed by atoms with E-state index in [9.17, 15) is 4.79 Å². The third-order valence-electron chi connectivity index (χ3n) is 6.55. The molecule has 1 spiro atoms. The second kappa shape index (κ2) is 7.36. The van der Waals surface area contributed by atoms with Gasteiger partial charge >= 0.3 is 6.03 Å². The molecule has 2 aliphatic heterocycles. The van der Waals surface area contributed by atoms with Crippen molar-refractivity contribution < 1.29 is 9.53 Å². The molecule has 1 N–H and O–H groups in total. The fourth-order valence-corrected chi connectivity index (χ4v) is 4.95. The lowest BCUT2D eigenvalue weighted by Gasteiger charge is -2.40. The Morgan fingerprint density at radius 3 is 2.88 bits per heavy atom. The lowest BCUT2D eigenvalue weighted by Crippen LogP contribution is -2.48. The molecule has 1 aromatic rings. The molecule has 2 amide bonds. The minimum atomic E-state index is 0.123. The molecule has 1 aromatic carbocycles. The molecule has 3 aliphatic rings. The van der Waals surface area contributed by atoms with E-state index in [-0.39, 0.29) is 6.03 Å². The number of rotatable bonds is 3. The maximum Gasteiger partial charge on any atom is 0.317 e. The van der Waals surface area contributed by atoms with Crippen LogP contribution in [-0.4, -0.2) is 43.8 Å². The van der Waals surface area contributed by atoms with E-state index in [1.165, 1.54) is 24.8 Å². The van der Waals surface area contributed by atoms with Gasteiger partial charge in [-0.1, -0.05) is 24.3 Å². The molecule has 4 nitrogen and oxygen atoms in total. The number of carbonyl (C=O) groups excluding carboxylic acids is 1. The van der Waals surface area contributed by atoms with Gasteiger partial charge in [0.15, 0.2) is 0 Å². The minimum Gasteiger partial charge on any atom is -0.381 e. The highest BCUT2D eigenvalue weighted by molar-refractivity contribution is 5.74. The molecule has 1 unspecified atom stereocenters. The molecule has 1 aliphatic carbocycles. The number of amides is 2. The lowest BCUT2D eigenvalue weighted by molar-refractivity contribution is 0.0517. The molecule has 4 heteroatoms. The lowest BCUT2D eigenvalue weighted by atomic mass is 9.74. The SMILES string of the molecule is O=C(NCCC1CCCOC1)N1CCC2(CCc3ccccc32)CC1. The molecule has 0 radical (unpaired) electrons. The summed E-state index contributed by atoms with van der Waals surface area (Å²) in [6.07, 6.45) is 8.10. The number of benzene rings is 1. The van der Waals surface area contributed by atoms with E-state index >= 15 is 0 Å². The van der Waals surface area contributed by atoms with Gasteiger partial charge in [-0.2, -0.15) is 0 Å². The fraction of sp³-hybridized carbons (Fsp3) is 0.667. The molecular weight excluding hydrogens is 312 g/mol. The first-order chi connectivity index (χ1) is 12.3. The van der Waals surface area contributed by atoms with E-state index in [2.05, 4.69) is 29.6 Å². The predicted octanol–water partition coefficient (Wildman–Crippen LogP) is 3.49. The Morgan fingerprint density at radius 1 is 1.24 bits per heavy atom. The third-order valence-corrected chi connectivity index (χ3v) is 6.55. The number of likely N-dealkylation sites (tertiary alicyclic amines) is 1. The number of fused-ring (bicyclic) bond motifs is 2. The van der Waals surface area contributed by atoms with Gasteiger partial charge in [-0.25, -0.2) is 4.79 Å². The molecule has 0 bridgehead atoms. The van der Waals surface area contributed by atoms with Crippen LogP contribution in [0.15, 0.2) is 24.3 Å². The summed E-state index contributed by atoms with van der Waals surface area (Å²) in [4.78, 5) is 14.5. The third kappa shape index (κ3) is 3.55. The molecule has 136 valence electrons. The normalized spacial score (nSPS) is 25.0. The molecule has 25 heavy (non-hydrogen) atoms. The van der Waals surface area contributed by atoms with Crippen LogP contribution in [0.1, 0.15) is 49.7 Å². The monoisotopic (exact) mass is 342 g/mol. The quantitative estimate of drug-likeness (QED) is 0.913. The molecule has 0 aromatic heterocycles. The summed E-state index contributed by atoms with van der Waals surface area (Å²) in [7, 11) is 0. The maximum absolute atomic E-state index is 12.5. The molecule has 2 fully saturated rings. The van der Waals surface area contributed by atoms with Crippen LogP contribution in [0, 0.1) is 5.92 Å². The number of nitrogens with one attached hydrogen (secondary N) is 1. The van der Waals surface area contributed by atoms with Gasteiger partial charge in [0.2, 0.25) is 0 Å². The number of piperidine rings is 1. The van der Waals surface area contributed by atoms with Gasteiger partial charge in [-0.3, -0.25) is 0 Å². The van der Waals surface area contributed by atoms with Gasteiger partial charge in [0.1, 0.15) is 0 Å². The van der Waals surface area contributed by atoms with Crippen LogP contribution in [-0.2, 0) is 16.6 Å². The van der Waals surface area contributed by atoms with Gasteiger partial charge in [-0.05, 0) is 67.4 Å². The van der Waals surface area contributed by atoms with Crippen molar-refractivity contribution in [1.29, 1.82) is 0 Å². The van der Waals surface area contributed by atoms with Crippen LogP contribution in [0.2, 0.25) is 0 Å². The number of hydrogen-bond acceptors (Lipinski definition) is 2. The second-order valence-electron chi connectivity index (χ2n) is 8.03. The number of aryl methyl sites for hydroxylation is 1. The summed E-state index contributed by atoms with van der Waals surface area (Å²) in [5, 5.41) is 3.13. The Labute approximate surface area is 150 Å². The van der Waals surface area contributed by atoms with Crippen molar-refractivity contribution in [1.82, 2.24) is 10.2 Å². The number of carbonyl (C=O) groups is 1. The van der Waals surface area contributed by atoms with Gasteiger partial charge in [0, 0.05) is 32.8 Å². The molecule has 4 rings (SSSR count). The number of nitrogens with zero attached hydrogens (tertiary/aromatic N) is 1. The van der Waals surface area contributed by atoms with Crippen molar-refractivity contribution in [3.63, 3.8) is 0 Å². The Bertz CT molecular complexity index is 602. The second-order valence-corrected chi connectivity index (χ2v) is 8.03. The Morgan fingerprint density at radius 2 is 2.08 bits per heavy atom. The molecular formula is C21H30N2O2. The average molecular weight is 342 g/mol. The van der Waals surface area contributed by atoms with E-state index in [1.54, 1.807) is 5.56 Å². The molecule has 1 atom stereocenters. The van der Waals surface area contributed by atoms with E-state index in [1.807, 2.05) is 4.90 Å². The molecule has 2 saturated heterocycles. The smallest absolute Gasteiger partial charge is 0.317 e. The first kappa shape index (κ1) is 16.9. The molecule has 0 saturated carbocycles. The summed E-state index contributed by atoms with van der Waals surface area (Å²) in [6.45, 7) is 4.31. The van der Waals surface area contributed by atoms with Crippen LogP contribution >= 0.6 is 0 Å². The largest absolute Gasteiger partial charge is 0.381 e. The minimum absolute atomic E-state index is 0.123. The topological polar surface area (TPSA) is 41.6 Å². The van der Waals surface area contributed by atoms with Crippen molar-refractivity contribution in [3.8, 4) is 0 Å². The molecule has 2 heterocycles. The van der Waals surface area contributed by atoms with Crippen LogP contribution in [0.3, 0.4) is 0 Å². The Balaban J connectivity index is 1.25. The highest BCUT2D eigenvalue weighted by atomic mass is 16.5. The standard InChI is InChI=1S/C21H30N2O2/c24-20(22-12-8-17-4-3-15-25-16-17)23-13-10-21(11-14-23)9-7-18-5-1-2-6-19(18)21/h1-2,5-6,17H,3-4,7-16H2,(H,22,24). The zero-order valence-electron chi connectivity index (χ0n) is 15.1. The van der Waals surface area contributed by atoms with Gasteiger partial charge < -0.3 is 15.0 Å². The van der Waals surface area contributed by atoms with Crippen molar-refractivity contribution in [3.05, 3.63) is 35.4 Å². The van der Waals surface area contributed by atoms with Crippen molar-refractivity contribution >= 4 is 6.03 Å². The number of hydrogen-bond donors (Lipinski definition) is 1. The number of urea groups is 1. The van der Waals surface area contributed by atoms with Gasteiger partial charge in [0.05, 0.1) is 0 Å². The van der Waals surface area contributed by atoms with Gasteiger partial charge in [-0.15, -0.1) is 0 Å². The summed E-state index contributed by atoms with van der Waals surface area (Å²) < 4.78 is 5.52. The van der Waals surface area contributed by atoms with Crippen molar-refractivity contribution in [2.45, 2.75) is 50.4 Å².